The molecule has 1 atom stereocenters. The van der Waals surface area contributed by atoms with Crippen LogP contribution in [0.3, 0.4) is 0 Å². The Morgan fingerprint density at radius 2 is 2.10 bits per heavy atom. The summed E-state index contributed by atoms with van der Waals surface area (Å²) in [6.45, 7) is 0.522. The summed E-state index contributed by atoms with van der Waals surface area (Å²) in [5, 5.41) is 3.95. The molecule has 1 aromatic rings. The van der Waals surface area contributed by atoms with Crippen LogP contribution >= 0.6 is 23.2 Å². The number of nitrogens with zero attached hydrogens (tertiary/aromatic N) is 1. The van der Waals surface area contributed by atoms with Gasteiger partial charge in [-0.2, -0.15) is 13.2 Å². The lowest BCUT2D eigenvalue weighted by molar-refractivity contribution is -0.184. The molecule has 0 unspecified atom stereocenters. The second-order valence-corrected chi connectivity index (χ2v) is 5.61. The maximum atomic E-state index is 12.3. The number of carbonyl (C=O) groups excluding carboxylic acids is 1. The van der Waals surface area contributed by atoms with Gasteiger partial charge in [-0.25, -0.2) is 0 Å². The van der Waals surface area contributed by atoms with Crippen molar-refractivity contribution in [2.45, 2.75) is 25.2 Å². The smallest absolute Gasteiger partial charge is 0.333 e. The van der Waals surface area contributed by atoms with Gasteiger partial charge in [-0.3, -0.25) is 4.79 Å². The van der Waals surface area contributed by atoms with Crippen molar-refractivity contribution in [2.75, 3.05) is 13.1 Å². The number of likely N-dealkylation sites (tertiary alicyclic amines) is 1. The molecule has 1 aliphatic rings. The summed E-state index contributed by atoms with van der Waals surface area (Å²) in [7, 11) is 0. The second-order valence-electron chi connectivity index (χ2n) is 4.83. The number of hydrogen-bond donors (Lipinski definition) is 1. The number of benzene rings is 1. The van der Waals surface area contributed by atoms with E-state index in [0.717, 1.165) is 10.5 Å². The zero-order valence-corrected chi connectivity index (χ0v) is 12.4. The number of rotatable bonds is 3. The van der Waals surface area contributed by atoms with E-state index in [1.165, 1.54) is 0 Å². The molecule has 2 rings (SSSR count). The molecule has 1 saturated heterocycles. The van der Waals surface area contributed by atoms with Gasteiger partial charge in [-0.1, -0.05) is 35.3 Å². The van der Waals surface area contributed by atoms with Crippen LogP contribution in [0.5, 0.6) is 0 Å². The molecule has 116 valence electrons. The minimum atomic E-state index is -4.81. The molecule has 0 aliphatic carbocycles. The zero-order chi connectivity index (χ0) is 15.6. The van der Waals surface area contributed by atoms with Gasteiger partial charge in [0.15, 0.2) is 0 Å². The van der Waals surface area contributed by atoms with Gasteiger partial charge < -0.3 is 10.2 Å². The molecule has 0 saturated carbocycles. The van der Waals surface area contributed by atoms with Crippen molar-refractivity contribution in [3.63, 3.8) is 0 Å². The molecule has 0 radical (unpaired) electrons. The van der Waals surface area contributed by atoms with Crippen LogP contribution in [0.2, 0.25) is 10.0 Å². The first-order chi connectivity index (χ1) is 9.79. The van der Waals surface area contributed by atoms with Gasteiger partial charge in [0.05, 0.1) is 10.0 Å². The summed E-state index contributed by atoms with van der Waals surface area (Å²) in [4.78, 5) is 11.9. The average molecular weight is 341 g/mol. The Labute approximate surface area is 130 Å². The highest BCUT2D eigenvalue weighted by atomic mass is 35.5. The summed E-state index contributed by atoms with van der Waals surface area (Å²) >= 11 is 11.9. The van der Waals surface area contributed by atoms with Crippen molar-refractivity contribution in [2.24, 2.45) is 0 Å². The Bertz CT molecular complexity index is 537. The highest BCUT2D eigenvalue weighted by Gasteiger charge is 2.44. The van der Waals surface area contributed by atoms with E-state index >= 15 is 0 Å². The average Bonchev–Trinajstić information content (AvgIpc) is 2.87. The molecule has 1 aliphatic heterocycles. The maximum Gasteiger partial charge on any atom is 0.471 e. The first-order valence-electron chi connectivity index (χ1n) is 6.31. The quantitative estimate of drug-likeness (QED) is 0.916. The van der Waals surface area contributed by atoms with Crippen LogP contribution in [0.1, 0.15) is 12.0 Å². The lowest BCUT2D eigenvalue weighted by Crippen LogP contribution is -2.41. The van der Waals surface area contributed by atoms with Crippen molar-refractivity contribution >= 4 is 29.1 Å². The van der Waals surface area contributed by atoms with Gasteiger partial charge in [0.2, 0.25) is 0 Å². The van der Waals surface area contributed by atoms with E-state index in [4.69, 9.17) is 23.2 Å². The van der Waals surface area contributed by atoms with Gasteiger partial charge in [-0.05, 0) is 18.1 Å². The van der Waals surface area contributed by atoms with Crippen LogP contribution in [-0.2, 0) is 11.3 Å². The molecule has 0 spiro atoms. The van der Waals surface area contributed by atoms with Crippen LogP contribution in [0.15, 0.2) is 18.2 Å². The fourth-order valence-electron chi connectivity index (χ4n) is 2.23. The van der Waals surface area contributed by atoms with Crippen molar-refractivity contribution in [1.82, 2.24) is 10.2 Å². The second kappa shape index (κ2) is 6.42. The summed E-state index contributed by atoms with van der Waals surface area (Å²) < 4.78 is 37.0. The Balaban J connectivity index is 1.89. The zero-order valence-electron chi connectivity index (χ0n) is 10.9. The monoisotopic (exact) mass is 340 g/mol. The maximum absolute atomic E-state index is 12.3. The highest BCUT2D eigenvalue weighted by Crippen LogP contribution is 2.26. The molecule has 1 fully saturated rings. The van der Waals surface area contributed by atoms with Gasteiger partial charge in [0, 0.05) is 25.7 Å². The molecule has 1 aromatic carbocycles. The Morgan fingerprint density at radius 1 is 1.38 bits per heavy atom. The normalized spacial score (nSPS) is 19.1. The van der Waals surface area contributed by atoms with E-state index in [-0.39, 0.29) is 19.1 Å². The fraction of sp³-hybridized carbons (Fsp3) is 0.462. The molecule has 1 N–H and O–H groups in total. The third-order valence-corrected chi connectivity index (χ3v) is 4.19. The Kier molecular flexibility index (Phi) is 5.01. The molecule has 0 aromatic heterocycles. The molecule has 21 heavy (non-hydrogen) atoms. The van der Waals surface area contributed by atoms with Crippen LogP contribution in [0, 0.1) is 0 Å². The number of hydrogen-bond acceptors (Lipinski definition) is 2. The van der Waals surface area contributed by atoms with E-state index in [9.17, 15) is 18.0 Å². The third-order valence-electron chi connectivity index (χ3n) is 3.33. The van der Waals surface area contributed by atoms with Gasteiger partial charge in [-0.15, -0.1) is 0 Å². The molecule has 1 heterocycles. The minimum Gasteiger partial charge on any atom is -0.333 e. The molecule has 0 bridgehead atoms. The van der Waals surface area contributed by atoms with Gasteiger partial charge in [0.25, 0.3) is 0 Å². The third kappa shape index (κ3) is 4.02. The number of carbonyl (C=O) groups is 1. The molecule has 1 amide bonds. The summed E-state index contributed by atoms with van der Waals surface area (Å²) in [5.74, 6) is -1.78. The number of amides is 1. The highest BCUT2D eigenvalue weighted by molar-refractivity contribution is 6.42. The summed E-state index contributed by atoms with van der Waals surface area (Å²) in [6.07, 6.45) is -4.34. The van der Waals surface area contributed by atoms with Crippen molar-refractivity contribution < 1.29 is 18.0 Å². The van der Waals surface area contributed by atoms with Crippen LogP contribution in [0.25, 0.3) is 0 Å². The van der Waals surface area contributed by atoms with Crippen LogP contribution < -0.4 is 5.32 Å². The van der Waals surface area contributed by atoms with E-state index in [1.807, 2.05) is 0 Å². The molecular weight excluding hydrogens is 328 g/mol. The van der Waals surface area contributed by atoms with Crippen molar-refractivity contribution in [3.8, 4) is 0 Å². The predicted octanol–water partition coefficient (Wildman–Crippen LogP) is 3.25. The van der Waals surface area contributed by atoms with Crippen molar-refractivity contribution in [1.29, 1.82) is 0 Å². The number of nitrogens with one attached hydrogen (secondary N) is 1. The standard InChI is InChI=1S/C13H13Cl2F3N2O/c14-10-3-1-2-8(11(10)15)6-19-9-4-5-20(7-9)12(21)13(16,17)18/h1-3,9,19H,4-7H2/t9-/m1/s1. The van der Waals surface area contributed by atoms with Gasteiger partial charge in [0.1, 0.15) is 0 Å². The fourth-order valence-corrected chi connectivity index (χ4v) is 2.62. The number of alkyl halides is 3. The van der Waals surface area contributed by atoms with Crippen molar-refractivity contribution in [3.05, 3.63) is 33.8 Å². The van der Waals surface area contributed by atoms with Crippen LogP contribution in [0.4, 0.5) is 13.2 Å². The first-order valence-corrected chi connectivity index (χ1v) is 7.07. The molecule has 8 heteroatoms. The lowest BCUT2D eigenvalue weighted by atomic mass is 10.2. The first kappa shape index (κ1) is 16.4. The SMILES string of the molecule is O=C(N1CC[C@@H](NCc2cccc(Cl)c2Cl)C1)C(F)(F)F. The van der Waals surface area contributed by atoms with E-state index in [2.05, 4.69) is 5.32 Å². The lowest BCUT2D eigenvalue weighted by Gasteiger charge is -2.18. The minimum absolute atomic E-state index is 0.0382. The topological polar surface area (TPSA) is 32.3 Å². The van der Waals surface area contributed by atoms with Crippen LogP contribution in [-0.4, -0.2) is 36.1 Å². The Morgan fingerprint density at radius 3 is 2.76 bits per heavy atom. The van der Waals surface area contributed by atoms with E-state index in [1.54, 1.807) is 18.2 Å². The Hall–Kier alpha value is -0.980. The molecule has 3 nitrogen and oxygen atoms in total. The largest absolute Gasteiger partial charge is 0.471 e. The van der Waals surface area contributed by atoms with E-state index < -0.39 is 12.1 Å². The van der Waals surface area contributed by atoms with Gasteiger partial charge >= 0.3 is 12.1 Å². The summed E-state index contributed by atoms with van der Waals surface area (Å²) in [5.41, 5.74) is 0.768. The number of halogens is 5. The summed E-state index contributed by atoms with van der Waals surface area (Å²) in [6, 6.07) is 5.01. The predicted molar refractivity (Wildman–Crippen MR) is 74.3 cm³/mol. The van der Waals surface area contributed by atoms with E-state index in [0.29, 0.717) is 23.0 Å². The molecular formula is C13H13Cl2F3N2O.